The van der Waals surface area contributed by atoms with Crippen molar-refractivity contribution in [1.82, 2.24) is 10.2 Å². The molecule has 0 radical (unpaired) electrons. The van der Waals surface area contributed by atoms with Gasteiger partial charge < -0.3 is 20.6 Å². The fourth-order valence-electron chi connectivity index (χ4n) is 2.29. The zero-order valence-corrected chi connectivity index (χ0v) is 17.8. The van der Waals surface area contributed by atoms with Crippen LogP contribution in [-0.4, -0.2) is 41.8 Å². The maximum absolute atomic E-state index is 12.1. The Balaban J connectivity index is 0.000000892. The van der Waals surface area contributed by atoms with Crippen LogP contribution in [0.2, 0.25) is 0 Å². The van der Waals surface area contributed by atoms with Gasteiger partial charge in [-0.25, -0.2) is 0 Å². The van der Waals surface area contributed by atoms with Crippen molar-refractivity contribution in [1.29, 1.82) is 0 Å². The number of carbonyl (C=O) groups is 2. The molecule has 1 unspecified atom stereocenters. The fraction of sp³-hybridized carbons (Fsp3) is 0.455. The van der Waals surface area contributed by atoms with Crippen LogP contribution >= 0.6 is 0 Å². The van der Waals surface area contributed by atoms with Crippen molar-refractivity contribution in [2.45, 2.75) is 53.0 Å². The summed E-state index contributed by atoms with van der Waals surface area (Å²) in [7, 11) is 3.22. The second-order valence-electron chi connectivity index (χ2n) is 7.04. The molecule has 154 valence electrons. The number of nitrogens with zero attached hydrogens (tertiary/aromatic N) is 1. The molecule has 0 fully saturated rings. The Morgan fingerprint density at radius 2 is 1.79 bits per heavy atom. The summed E-state index contributed by atoms with van der Waals surface area (Å²) in [5.41, 5.74) is 1.90. The molecule has 2 rings (SSSR count). The molecule has 1 aromatic rings. The largest absolute Gasteiger partial charge is 0.505 e. The Hall–Kier alpha value is -2.76. The summed E-state index contributed by atoms with van der Waals surface area (Å²) >= 11 is 0. The Bertz CT molecular complexity index is 764. The molecule has 3 N–H and O–H groups in total. The van der Waals surface area contributed by atoms with E-state index in [1.807, 2.05) is 13.8 Å². The number of amides is 1. The molecule has 0 saturated heterocycles. The van der Waals surface area contributed by atoms with Gasteiger partial charge in [0.05, 0.1) is 16.9 Å². The Labute approximate surface area is 168 Å². The van der Waals surface area contributed by atoms with Gasteiger partial charge in [-0.1, -0.05) is 46.3 Å². The summed E-state index contributed by atoms with van der Waals surface area (Å²) in [6.07, 6.45) is 3.54. The number of benzene rings is 1. The summed E-state index contributed by atoms with van der Waals surface area (Å²) in [5.74, 6) is -0.700. The van der Waals surface area contributed by atoms with E-state index in [0.717, 1.165) is 6.42 Å². The van der Waals surface area contributed by atoms with E-state index >= 15 is 0 Å². The van der Waals surface area contributed by atoms with Crippen LogP contribution in [0.3, 0.4) is 0 Å². The predicted molar refractivity (Wildman–Crippen MR) is 114 cm³/mol. The first kappa shape index (κ1) is 23.3. The minimum atomic E-state index is -0.313. The molecule has 6 heteroatoms. The lowest BCUT2D eigenvalue weighted by Gasteiger charge is -2.29. The average Bonchev–Trinajstić information content (AvgIpc) is 2.70. The minimum Gasteiger partial charge on any atom is -0.505 e. The third-order valence-corrected chi connectivity index (χ3v) is 4.49. The standard InChI is InChI=1S/C18H23N3O3.C4H10/c1-6-10(2)19-14-11(3)16(22)15(14)20-13-9-7-8-12(17(13)23)18(24)21(4)5;1-3-4-2/h7-10,19-20,23H,3,6H2,1-2,4-5H3;3-4H2,1-2H3. The molecule has 28 heavy (non-hydrogen) atoms. The first-order chi connectivity index (χ1) is 13.2. The number of hydrogen-bond acceptors (Lipinski definition) is 5. The molecule has 0 saturated carbocycles. The minimum absolute atomic E-state index is 0.174. The van der Waals surface area contributed by atoms with E-state index in [9.17, 15) is 14.7 Å². The second kappa shape index (κ2) is 10.5. The van der Waals surface area contributed by atoms with Gasteiger partial charge in [-0.3, -0.25) is 9.59 Å². The molecule has 0 aromatic heterocycles. The van der Waals surface area contributed by atoms with Gasteiger partial charge in [0.25, 0.3) is 5.91 Å². The van der Waals surface area contributed by atoms with Crippen LogP contribution < -0.4 is 10.6 Å². The number of unbranched alkanes of at least 4 members (excludes halogenated alkanes) is 1. The first-order valence-corrected chi connectivity index (χ1v) is 9.74. The zero-order chi connectivity index (χ0) is 21.4. The van der Waals surface area contributed by atoms with Crippen LogP contribution in [0.15, 0.2) is 41.7 Å². The van der Waals surface area contributed by atoms with Gasteiger partial charge >= 0.3 is 0 Å². The molecule has 0 spiro atoms. The van der Waals surface area contributed by atoms with E-state index < -0.39 is 0 Å². The van der Waals surface area contributed by atoms with Crippen molar-refractivity contribution in [2.75, 3.05) is 19.4 Å². The zero-order valence-electron chi connectivity index (χ0n) is 17.8. The van der Waals surface area contributed by atoms with Crippen LogP contribution in [0, 0.1) is 0 Å². The molecular formula is C22H33N3O3. The number of phenolic OH excluding ortho intramolecular Hbond substituents is 1. The second-order valence-corrected chi connectivity index (χ2v) is 7.04. The fourth-order valence-corrected chi connectivity index (χ4v) is 2.29. The predicted octanol–water partition coefficient (Wildman–Crippen LogP) is 4.05. The van der Waals surface area contributed by atoms with Crippen molar-refractivity contribution in [3.63, 3.8) is 0 Å². The number of aromatic hydroxyl groups is 1. The van der Waals surface area contributed by atoms with Crippen LogP contribution in [0.1, 0.15) is 57.3 Å². The molecule has 1 aliphatic rings. The summed E-state index contributed by atoms with van der Waals surface area (Å²) in [6, 6.07) is 5.00. The molecule has 1 aliphatic carbocycles. The van der Waals surface area contributed by atoms with Gasteiger partial charge in [0, 0.05) is 25.7 Å². The Kier molecular flexibility index (Phi) is 8.76. The molecule has 1 aromatic carbocycles. The van der Waals surface area contributed by atoms with E-state index in [4.69, 9.17) is 0 Å². The molecule has 6 nitrogen and oxygen atoms in total. The third kappa shape index (κ3) is 5.38. The van der Waals surface area contributed by atoms with Crippen molar-refractivity contribution < 1.29 is 14.7 Å². The maximum Gasteiger partial charge on any atom is 0.257 e. The van der Waals surface area contributed by atoms with Crippen molar-refractivity contribution >= 4 is 17.4 Å². The van der Waals surface area contributed by atoms with E-state index in [0.29, 0.717) is 22.7 Å². The van der Waals surface area contributed by atoms with Crippen molar-refractivity contribution in [2.24, 2.45) is 0 Å². The van der Waals surface area contributed by atoms with Crippen molar-refractivity contribution in [3.8, 4) is 5.75 Å². The highest BCUT2D eigenvalue weighted by atomic mass is 16.3. The number of rotatable bonds is 7. The van der Waals surface area contributed by atoms with Gasteiger partial charge in [0.1, 0.15) is 5.70 Å². The molecule has 1 amide bonds. The normalized spacial score (nSPS) is 13.9. The quantitative estimate of drug-likeness (QED) is 0.486. The highest BCUT2D eigenvalue weighted by Crippen LogP contribution is 2.34. The number of carbonyl (C=O) groups excluding carboxylic acids is 2. The van der Waals surface area contributed by atoms with Crippen LogP contribution in [0.4, 0.5) is 5.69 Å². The summed E-state index contributed by atoms with van der Waals surface area (Å²) in [6.45, 7) is 12.2. The van der Waals surface area contributed by atoms with Gasteiger partial charge in [-0.05, 0) is 25.5 Å². The number of phenols is 1. The van der Waals surface area contributed by atoms with E-state index in [1.165, 1.54) is 23.8 Å². The molecule has 0 bridgehead atoms. The topological polar surface area (TPSA) is 81.7 Å². The number of ketones is 1. The van der Waals surface area contributed by atoms with Gasteiger partial charge in [-0.2, -0.15) is 0 Å². The first-order valence-electron chi connectivity index (χ1n) is 9.74. The maximum atomic E-state index is 12.1. The third-order valence-electron chi connectivity index (χ3n) is 4.49. The van der Waals surface area contributed by atoms with Crippen LogP contribution in [0.5, 0.6) is 5.75 Å². The van der Waals surface area contributed by atoms with E-state index in [1.54, 1.807) is 26.2 Å². The van der Waals surface area contributed by atoms with Gasteiger partial charge in [-0.15, -0.1) is 0 Å². The molecule has 1 atom stereocenters. The Morgan fingerprint density at radius 3 is 2.29 bits per heavy atom. The van der Waals surface area contributed by atoms with Crippen LogP contribution in [0.25, 0.3) is 0 Å². The van der Waals surface area contributed by atoms with E-state index in [2.05, 4.69) is 31.1 Å². The lowest BCUT2D eigenvalue weighted by Crippen LogP contribution is -2.38. The van der Waals surface area contributed by atoms with E-state index in [-0.39, 0.29) is 29.0 Å². The number of nitrogens with one attached hydrogen (secondary N) is 2. The smallest absolute Gasteiger partial charge is 0.257 e. The number of anilines is 1. The monoisotopic (exact) mass is 387 g/mol. The Morgan fingerprint density at radius 1 is 1.18 bits per heavy atom. The number of allylic oxidation sites excluding steroid dienone is 2. The van der Waals surface area contributed by atoms with Crippen molar-refractivity contribution in [3.05, 3.63) is 47.3 Å². The molecule has 0 heterocycles. The van der Waals surface area contributed by atoms with Crippen LogP contribution in [-0.2, 0) is 4.79 Å². The summed E-state index contributed by atoms with van der Waals surface area (Å²) < 4.78 is 0. The highest BCUT2D eigenvalue weighted by Gasteiger charge is 2.33. The van der Waals surface area contributed by atoms with Gasteiger partial charge in [0.15, 0.2) is 5.75 Å². The summed E-state index contributed by atoms with van der Waals surface area (Å²) in [5, 5.41) is 16.5. The SMILES string of the molecule is C=C1C(=O)C(Nc2cccc(C(=O)N(C)C)c2O)=C1NC(C)CC.CCCC. The molecular weight excluding hydrogens is 354 g/mol. The van der Waals surface area contributed by atoms with Gasteiger partial charge in [0.2, 0.25) is 5.78 Å². The number of para-hydroxylation sites is 1. The highest BCUT2D eigenvalue weighted by molar-refractivity contribution is 6.21. The molecule has 0 aliphatic heterocycles. The lowest BCUT2D eigenvalue weighted by atomic mass is 9.92. The lowest BCUT2D eigenvalue weighted by molar-refractivity contribution is -0.113. The number of hydrogen-bond donors (Lipinski definition) is 3. The average molecular weight is 388 g/mol. The summed E-state index contributed by atoms with van der Waals surface area (Å²) in [4.78, 5) is 25.5. The number of Topliss-reactive ketones (excluding diaryl/α,β-unsaturated/α-hetero) is 1.